The molecule has 3 rings (SSSR count). The van der Waals surface area contributed by atoms with Gasteiger partial charge in [-0.3, -0.25) is 9.59 Å². The van der Waals surface area contributed by atoms with Crippen LogP contribution >= 0.6 is 0 Å². The summed E-state index contributed by atoms with van der Waals surface area (Å²) in [6.45, 7) is 6.45. The van der Waals surface area contributed by atoms with E-state index in [1.165, 1.54) is 0 Å². The van der Waals surface area contributed by atoms with Crippen molar-refractivity contribution in [3.05, 3.63) is 78.9 Å². The van der Waals surface area contributed by atoms with Crippen LogP contribution < -0.4 is 25.4 Å². The number of amides is 2. The van der Waals surface area contributed by atoms with Crippen molar-refractivity contribution in [1.29, 1.82) is 0 Å². The molecule has 0 saturated carbocycles. The van der Waals surface area contributed by atoms with E-state index in [1.54, 1.807) is 24.3 Å². The summed E-state index contributed by atoms with van der Waals surface area (Å²) in [6.07, 6.45) is 0. The molecular formula is C27H31N3O4. The molecular weight excluding hydrogens is 430 g/mol. The van der Waals surface area contributed by atoms with Gasteiger partial charge in [-0.05, 0) is 42.5 Å². The van der Waals surface area contributed by atoms with Crippen LogP contribution in [0.25, 0.3) is 0 Å². The van der Waals surface area contributed by atoms with Gasteiger partial charge in [0, 0.05) is 28.5 Å². The molecule has 3 aromatic rings. The number of nitrogens with one attached hydrogen (secondary N) is 3. The van der Waals surface area contributed by atoms with Gasteiger partial charge < -0.3 is 25.4 Å². The van der Waals surface area contributed by atoms with Crippen LogP contribution in [0, 0.1) is 5.41 Å². The van der Waals surface area contributed by atoms with Crippen molar-refractivity contribution in [1.82, 2.24) is 0 Å². The van der Waals surface area contributed by atoms with Crippen LogP contribution in [0.4, 0.5) is 17.1 Å². The minimum atomic E-state index is -0.504. The van der Waals surface area contributed by atoms with E-state index in [-0.39, 0.29) is 18.4 Å². The Bertz CT molecular complexity index is 1090. The highest BCUT2D eigenvalue weighted by atomic mass is 16.5. The van der Waals surface area contributed by atoms with Crippen molar-refractivity contribution in [2.75, 3.05) is 35.7 Å². The Kier molecular flexibility index (Phi) is 8.51. The molecule has 0 heterocycles. The van der Waals surface area contributed by atoms with Crippen molar-refractivity contribution in [3.8, 4) is 11.5 Å². The Morgan fingerprint density at radius 3 is 2.00 bits per heavy atom. The van der Waals surface area contributed by atoms with Crippen molar-refractivity contribution in [2.45, 2.75) is 20.8 Å². The molecule has 0 unspecified atom stereocenters. The first-order valence-corrected chi connectivity index (χ1v) is 11.2. The highest BCUT2D eigenvalue weighted by Gasteiger charge is 2.21. The molecule has 3 N–H and O–H groups in total. The second-order valence-electron chi connectivity index (χ2n) is 8.72. The van der Waals surface area contributed by atoms with Crippen LogP contribution in [-0.2, 0) is 9.59 Å². The van der Waals surface area contributed by atoms with E-state index in [4.69, 9.17) is 9.47 Å². The Morgan fingerprint density at radius 1 is 0.706 bits per heavy atom. The van der Waals surface area contributed by atoms with Gasteiger partial charge in [0.15, 0.2) is 0 Å². The standard InChI is InChI=1S/C27H31N3O4/c1-27(2,3)26(32)30-22-11-7-10-21(17-22)29-25(31)19-28-20-9-8-14-24(18-20)34-16-15-33-23-12-5-4-6-13-23/h4-14,17-18,28H,15-16,19H2,1-3H3,(H,29,31)(H,30,32). The molecule has 7 nitrogen and oxygen atoms in total. The van der Waals surface area contributed by atoms with E-state index < -0.39 is 5.41 Å². The van der Waals surface area contributed by atoms with E-state index in [0.29, 0.717) is 30.3 Å². The topological polar surface area (TPSA) is 88.7 Å². The van der Waals surface area contributed by atoms with Gasteiger partial charge in [-0.25, -0.2) is 0 Å². The summed E-state index contributed by atoms with van der Waals surface area (Å²) >= 11 is 0. The zero-order valence-electron chi connectivity index (χ0n) is 19.8. The Balaban J connectivity index is 1.44. The molecule has 0 aliphatic rings. The summed E-state index contributed by atoms with van der Waals surface area (Å²) in [7, 11) is 0. The lowest BCUT2D eigenvalue weighted by atomic mass is 9.95. The smallest absolute Gasteiger partial charge is 0.243 e. The number of benzene rings is 3. The number of rotatable bonds is 10. The molecule has 0 bridgehead atoms. The zero-order chi connectivity index (χ0) is 24.4. The molecule has 2 amide bonds. The fourth-order valence-electron chi connectivity index (χ4n) is 2.91. The van der Waals surface area contributed by atoms with E-state index in [0.717, 1.165) is 11.4 Å². The predicted octanol–water partition coefficient (Wildman–Crippen LogP) is 5.18. The third kappa shape index (κ3) is 8.16. The molecule has 0 radical (unpaired) electrons. The van der Waals surface area contributed by atoms with E-state index in [2.05, 4.69) is 16.0 Å². The van der Waals surface area contributed by atoms with Gasteiger partial charge in [0.1, 0.15) is 24.7 Å². The highest BCUT2D eigenvalue weighted by Crippen LogP contribution is 2.20. The summed E-state index contributed by atoms with van der Waals surface area (Å²) in [6, 6.07) is 24.0. The largest absolute Gasteiger partial charge is 0.490 e. The molecule has 0 aliphatic heterocycles. The number of ether oxygens (including phenoxy) is 2. The van der Waals surface area contributed by atoms with Crippen molar-refractivity contribution >= 4 is 28.9 Å². The van der Waals surface area contributed by atoms with Crippen molar-refractivity contribution in [2.24, 2.45) is 5.41 Å². The lowest BCUT2D eigenvalue weighted by molar-refractivity contribution is -0.123. The molecule has 7 heteroatoms. The maximum absolute atomic E-state index is 12.4. The molecule has 0 saturated heterocycles. The lowest BCUT2D eigenvalue weighted by Crippen LogP contribution is -2.27. The van der Waals surface area contributed by atoms with Crippen LogP contribution in [0.2, 0.25) is 0 Å². The second-order valence-corrected chi connectivity index (χ2v) is 8.72. The normalized spacial score (nSPS) is 10.8. The predicted molar refractivity (Wildman–Crippen MR) is 136 cm³/mol. The van der Waals surface area contributed by atoms with Gasteiger partial charge in [-0.2, -0.15) is 0 Å². The van der Waals surface area contributed by atoms with Crippen molar-refractivity contribution < 1.29 is 19.1 Å². The van der Waals surface area contributed by atoms with E-state index >= 15 is 0 Å². The lowest BCUT2D eigenvalue weighted by Gasteiger charge is -2.18. The molecule has 3 aromatic carbocycles. The van der Waals surface area contributed by atoms with Gasteiger partial charge in [0.05, 0.1) is 6.54 Å². The first kappa shape index (κ1) is 24.6. The van der Waals surface area contributed by atoms with Gasteiger partial charge in [0.25, 0.3) is 0 Å². The SMILES string of the molecule is CC(C)(C)C(=O)Nc1cccc(NC(=O)CNc2cccc(OCCOc3ccccc3)c2)c1. The average molecular weight is 462 g/mol. The first-order valence-electron chi connectivity index (χ1n) is 11.2. The number of carbonyl (C=O) groups excluding carboxylic acids is 2. The first-order chi connectivity index (χ1) is 16.3. The highest BCUT2D eigenvalue weighted by molar-refractivity contribution is 5.97. The number of carbonyl (C=O) groups is 2. The molecule has 0 aromatic heterocycles. The summed E-state index contributed by atoms with van der Waals surface area (Å²) in [5.74, 6) is 1.19. The third-order valence-corrected chi connectivity index (χ3v) is 4.74. The van der Waals surface area contributed by atoms with Crippen LogP contribution in [0.1, 0.15) is 20.8 Å². The van der Waals surface area contributed by atoms with Gasteiger partial charge in [0.2, 0.25) is 11.8 Å². The van der Waals surface area contributed by atoms with E-state index in [9.17, 15) is 9.59 Å². The maximum Gasteiger partial charge on any atom is 0.243 e. The quantitative estimate of drug-likeness (QED) is 0.362. The average Bonchev–Trinajstić information content (AvgIpc) is 2.81. The summed E-state index contributed by atoms with van der Waals surface area (Å²) in [5, 5.41) is 8.79. The second kappa shape index (κ2) is 11.7. The molecule has 0 aliphatic carbocycles. The van der Waals surface area contributed by atoms with Crippen LogP contribution in [0.3, 0.4) is 0 Å². The summed E-state index contributed by atoms with van der Waals surface area (Å²) < 4.78 is 11.4. The minimum absolute atomic E-state index is 0.0825. The van der Waals surface area contributed by atoms with Crippen LogP contribution in [0.15, 0.2) is 78.9 Å². The number of hydrogen-bond acceptors (Lipinski definition) is 5. The van der Waals surface area contributed by atoms with Gasteiger partial charge in [-0.15, -0.1) is 0 Å². The number of anilines is 3. The minimum Gasteiger partial charge on any atom is -0.490 e. The number of hydrogen-bond donors (Lipinski definition) is 3. The van der Waals surface area contributed by atoms with Crippen LogP contribution in [0.5, 0.6) is 11.5 Å². The number of para-hydroxylation sites is 1. The fraction of sp³-hybridized carbons (Fsp3) is 0.259. The van der Waals surface area contributed by atoms with Gasteiger partial charge in [-0.1, -0.05) is 51.1 Å². The Morgan fingerprint density at radius 2 is 1.29 bits per heavy atom. The third-order valence-electron chi connectivity index (χ3n) is 4.74. The molecule has 0 spiro atoms. The zero-order valence-corrected chi connectivity index (χ0v) is 19.8. The molecule has 0 fully saturated rings. The van der Waals surface area contributed by atoms with Crippen molar-refractivity contribution in [3.63, 3.8) is 0 Å². The summed E-state index contributed by atoms with van der Waals surface area (Å²) in [5.41, 5.74) is 1.50. The van der Waals surface area contributed by atoms with Crippen LogP contribution in [-0.4, -0.2) is 31.6 Å². The molecule has 0 atom stereocenters. The maximum atomic E-state index is 12.4. The Labute approximate surface area is 200 Å². The Hall–Kier alpha value is -4.00. The molecule has 178 valence electrons. The summed E-state index contributed by atoms with van der Waals surface area (Å²) in [4.78, 5) is 24.6. The fourth-order valence-corrected chi connectivity index (χ4v) is 2.91. The van der Waals surface area contributed by atoms with E-state index in [1.807, 2.05) is 75.4 Å². The van der Waals surface area contributed by atoms with Gasteiger partial charge >= 0.3 is 0 Å². The monoisotopic (exact) mass is 461 g/mol. The molecule has 34 heavy (non-hydrogen) atoms.